The van der Waals surface area contributed by atoms with Gasteiger partial charge in [0.15, 0.2) is 0 Å². The largest absolute Gasteiger partial charge is 0.370 e. The van der Waals surface area contributed by atoms with E-state index in [-0.39, 0.29) is 10.8 Å². The van der Waals surface area contributed by atoms with Crippen LogP contribution in [0.2, 0.25) is 5.02 Å². The summed E-state index contributed by atoms with van der Waals surface area (Å²) in [6.07, 6.45) is 2.16. The molecule has 4 rings (SSSR count). The molecule has 1 N–H and O–H groups in total. The maximum absolute atomic E-state index is 14.9. The standard InChI is InChI=1S/C22H27ClF2N4O2S/c1-22(2)7-9-28(14-22)12-15-6-8-29(13-15)18-11-17(24)19(10-16(18)23)32(30,31)27-21-5-3-4-20(25)26-21/h3-5,10-11,15H,6-9,12-14H2,1-2H3,(H,26,27). The molecule has 0 aliphatic carbocycles. The van der Waals surface area contributed by atoms with E-state index >= 15 is 0 Å². The number of anilines is 2. The van der Waals surface area contributed by atoms with Crippen LogP contribution in [0.4, 0.5) is 20.3 Å². The summed E-state index contributed by atoms with van der Waals surface area (Å²) < 4.78 is 55.5. The molecule has 0 saturated carbocycles. The van der Waals surface area contributed by atoms with E-state index in [0.717, 1.165) is 57.3 Å². The van der Waals surface area contributed by atoms with E-state index < -0.39 is 26.7 Å². The van der Waals surface area contributed by atoms with Crippen LogP contribution in [0.15, 0.2) is 35.2 Å². The lowest BCUT2D eigenvalue weighted by Crippen LogP contribution is -2.31. The fourth-order valence-corrected chi connectivity index (χ4v) is 6.01. The summed E-state index contributed by atoms with van der Waals surface area (Å²) in [6.45, 7) is 9.22. The highest BCUT2D eigenvalue weighted by Gasteiger charge is 2.33. The lowest BCUT2D eigenvalue weighted by atomic mass is 9.93. The lowest BCUT2D eigenvalue weighted by molar-refractivity contribution is 0.257. The van der Waals surface area contributed by atoms with Crippen molar-refractivity contribution in [2.75, 3.05) is 42.3 Å². The maximum Gasteiger partial charge on any atom is 0.266 e. The second-order valence-corrected chi connectivity index (χ2v) is 11.5. The van der Waals surface area contributed by atoms with Crippen LogP contribution in [0.3, 0.4) is 0 Å². The van der Waals surface area contributed by atoms with Crippen LogP contribution in [0.5, 0.6) is 0 Å². The monoisotopic (exact) mass is 484 g/mol. The van der Waals surface area contributed by atoms with E-state index in [0.29, 0.717) is 17.0 Å². The van der Waals surface area contributed by atoms with E-state index in [9.17, 15) is 17.2 Å². The summed E-state index contributed by atoms with van der Waals surface area (Å²) >= 11 is 6.38. The Bertz CT molecular complexity index is 1110. The SMILES string of the molecule is CC1(C)CCN(CC2CCN(c3cc(F)c(S(=O)(=O)Nc4cccc(F)n4)cc3Cl)C2)C1. The van der Waals surface area contributed by atoms with Gasteiger partial charge >= 0.3 is 0 Å². The Morgan fingerprint density at radius 1 is 1.25 bits per heavy atom. The number of likely N-dealkylation sites (tertiary alicyclic amines) is 1. The van der Waals surface area contributed by atoms with Crippen LogP contribution >= 0.6 is 11.6 Å². The first-order valence-corrected chi connectivity index (χ1v) is 12.5. The van der Waals surface area contributed by atoms with Gasteiger partial charge in [-0.3, -0.25) is 4.72 Å². The molecule has 2 saturated heterocycles. The van der Waals surface area contributed by atoms with Crippen LogP contribution in [-0.4, -0.2) is 51.0 Å². The van der Waals surface area contributed by atoms with E-state index in [4.69, 9.17) is 11.6 Å². The number of aromatic nitrogens is 1. The Morgan fingerprint density at radius 2 is 2.03 bits per heavy atom. The average Bonchev–Trinajstić information content (AvgIpc) is 3.29. The van der Waals surface area contributed by atoms with Gasteiger partial charge in [0.25, 0.3) is 10.0 Å². The smallest absolute Gasteiger partial charge is 0.266 e. The molecule has 1 atom stereocenters. The third-order valence-electron chi connectivity index (χ3n) is 6.14. The Balaban J connectivity index is 1.47. The third-order valence-corrected chi connectivity index (χ3v) is 7.82. The van der Waals surface area contributed by atoms with Crippen LogP contribution in [0, 0.1) is 23.1 Å². The van der Waals surface area contributed by atoms with Gasteiger partial charge in [-0.15, -0.1) is 0 Å². The van der Waals surface area contributed by atoms with E-state index in [2.05, 4.69) is 28.5 Å². The molecule has 6 nitrogen and oxygen atoms in total. The number of hydrogen-bond acceptors (Lipinski definition) is 5. The van der Waals surface area contributed by atoms with Crippen molar-refractivity contribution >= 4 is 33.1 Å². The molecule has 3 heterocycles. The molecule has 2 aromatic rings. The predicted octanol–water partition coefficient (Wildman–Crippen LogP) is 4.37. The summed E-state index contributed by atoms with van der Waals surface area (Å²) in [7, 11) is -4.32. The molecule has 1 aromatic heterocycles. The molecule has 2 fully saturated rings. The summed E-state index contributed by atoms with van der Waals surface area (Å²) in [5.74, 6) is -1.55. The van der Waals surface area contributed by atoms with Crippen molar-refractivity contribution in [2.45, 2.75) is 31.6 Å². The Hall–Kier alpha value is -1.97. The van der Waals surface area contributed by atoms with Crippen molar-refractivity contribution in [3.8, 4) is 0 Å². The highest BCUT2D eigenvalue weighted by Crippen LogP contribution is 2.36. The van der Waals surface area contributed by atoms with Crippen molar-refractivity contribution < 1.29 is 17.2 Å². The van der Waals surface area contributed by atoms with Crippen LogP contribution in [0.25, 0.3) is 0 Å². The minimum atomic E-state index is -4.32. The molecule has 32 heavy (non-hydrogen) atoms. The molecule has 0 spiro atoms. The number of benzene rings is 1. The van der Waals surface area contributed by atoms with E-state index in [1.165, 1.54) is 18.6 Å². The average molecular weight is 485 g/mol. The number of halogens is 3. The lowest BCUT2D eigenvalue weighted by Gasteiger charge is -2.24. The second kappa shape index (κ2) is 8.76. The molecular weight excluding hydrogens is 458 g/mol. The predicted molar refractivity (Wildman–Crippen MR) is 122 cm³/mol. The van der Waals surface area contributed by atoms with Gasteiger partial charge in [-0.1, -0.05) is 31.5 Å². The fourth-order valence-electron chi connectivity index (χ4n) is 4.57. The number of pyridine rings is 1. The number of nitrogens with zero attached hydrogens (tertiary/aromatic N) is 3. The van der Waals surface area contributed by atoms with Crippen molar-refractivity contribution in [2.24, 2.45) is 11.3 Å². The van der Waals surface area contributed by atoms with Gasteiger partial charge in [0.05, 0.1) is 10.7 Å². The third kappa shape index (κ3) is 5.15. The van der Waals surface area contributed by atoms with Crippen molar-refractivity contribution in [1.29, 1.82) is 0 Å². The zero-order valence-electron chi connectivity index (χ0n) is 18.1. The summed E-state index contributed by atoms with van der Waals surface area (Å²) in [6, 6.07) is 5.93. The first kappa shape index (κ1) is 23.2. The number of hydrogen-bond donors (Lipinski definition) is 1. The first-order chi connectivity index (χ1) is 15.0. The molecule has 2 aliphatic rings. The second-order valence-electron chi connectivity index (χ2n) is 9.44. The fraction of sp³-hybridized carbons (Fsp3) is 0.500. The Kier molecular flexibility index (Phi) is 6.35. The highest BCUT2D eigenvalue weighted by molar-refractivity contribution is 7.92. The van der Waals surface area contributed by atoms with Crippen LogP contribution in [-0.2, 0) is 10.0 Å². The van der Waals surface area contributed by atoms with Crippen LogP contribution in [0.1, 0.15) is 26.7 Å². The van der Waals surface area contributed by atoms with Crippen molar-refractivity contribution in [3.63, 3.8) is 0 Å². The maximum atomic E-state index is 14.9. The topological polar surface area (TPSA) is 65.5 Å². The van der Waals surface area contributed by atoms with E-state index in [1.54, 1.807) is 0 Å². The zero-order valence-corrected chi connectivity index (χ0v) is 19.7. The summed E-state index contributed by atoms with van der Waals surface area (Å²) in [5, 5.41) is 0.155. The van der Waals surface area contributed by atoms with E-state index in [1.807, 2.05) is 4.90 Å². The quantitative estimate of drug-likeness (QED) is 0.617. The highest BCUT2D eigenvalue weighted by atomic mass is 35.5. The van der Waals surface area contributed by atoms with Gasteiger partial charge in [0.1, 0.15) is 16.5 Å². The molecular formula is C22H27ClF2N4O2S. The van der Waals surface area contributed by atoms with Gasteiger partial charge in [0.2, 0.25) is 5.95 Å². The van der Waals surface area contributed by atoms with Gasteiger partial charge in [-0.2, -0.15) is 4.39 Å². The van der Waals surface area contributed by atoms with Gasteiger partial charge in [0, 0.05) is 32.2 Å². The molecule has 174 valence electrons. The van der Waals surface area contributed by atoms with Gasteiger partial charge in [-0.05, 0) is 48.9 Å². The van der Waals surface area contributed by atoms with Crippen molar-refractivity contribution in [1.82, 2.24) is 9.88 Å². The molecule has 2 aliphatic heterocycles. The zero-order chi connectivity index (χ0) is 23.1. The first-order valence-electron chi connectivity index (χ1n) is 10.6. The van der Waals surface area contributed by atoms with Gasteiger partial charge < -0.3 is 9.80 Å². The van der Waals surface area contributed by atoms with Crippen LogP contribution < -0.4 is 9.62 Å². The molecule has 10 heteroatoms. The molecule has 0 bridgehead atoms. The number of sulfonamides is 1. The molecule has 1 aromatic carbocycles. The molecule has 1 unspecified atom stereocenters. The molecule has 0 radical (unpaired) electrons. The minimum absolute atomic E-state index is 0.155. The number of nitrogens with one attached hydrogen (secondary N) is 1. The minimum Gasteiger partial charge on any atom is -0.370 e. The Morgan fingerprint density at radius 3 is 2.72 bits per heavy atom. The summed E-state index contributed by atoms with van der Waals surface area (Å²) in [4.78, 5) is 7.34. The number of rotatable bonds is 6. The molecule has 0 amide bonds. The van der Waals surface area contributed by atoms with Crippen molar-refractivity contribution in [3.05, 3.63) is 47.1 Å². The Labute approximate surface area is 192 Å². The normalized spacial score (nSPS) is 21.3. The summed E-state index contributed by atoms with van der Waals surface area (Å²) in [5.41, 5.74) is 0.831. The van der Waals surface area contributed by atoms with Gasteiger partial charge in [-0.25, -0.2) is 17.8 Å².